The molecule has 1 saturated heterocycles. The molecule has 0 unspecified atom stereocenters. The van der Waals surface area contributed by atoms with Crippen LogP contribution in [0.2, 0.25) is 5.28 Å². The number of hydrogen-bond donors (Lipinski definition) is 1. The van der Waals surface area contributed by atoms with Gasteiger partial charge in [0, 0.05) is 11.6 Å². The molecule has 8 heteroatoms. The fraction of sp³-hybridized carbons (Fsp3) is 0.222. The minimum absolute atomic E-state index is 0.190. The lowest BCUT2D eigenvalue weighted by molar-refractivity contribution is -0.0962. The van der Waals surface area contributed by atoms with Crippen molar-refractivity contribution in [1.29, 1.82) is 5.26 Å². The highest BCUT2D eigenvalue weighted by Gasteiger charge is 2.40. The summed E-state index contributed by atoms with van der Waals surface area (Å²) in [6, 6.07) is 9.88. The van der Waals surface area contributed by atoms with Crippen LogP contribution < -0.4 is 10.1 Å². The molecule has 26 heavy (non-hydrogen) atoms. The number of nitrogens with zero attached hydrogens (tertiary/aromatic N) is 4. The van der Waals surface area contributed by atoms with Crippen molar-refractivity contribution in [2.75, 3.05) is 25.1 Å². The molecule has 130 valence electrons. The normalized spacial score (nSPS) is 15.1. The van der Waals surface area contributed by atoms with E-state index < -0.39 is 5.41 Å². The number of rotatable bonds is 5. The first kappa shape index (κ1) is 16.5. The highest BCUT2D eigenvalue weighted by Crippen LogP contribution is 2.30. The van der Waals surface area contributed by atoms with Gasteiger partial charge in [-0.1, -0.05) is 0 Å². The number of ether oxygens (including phenoxy) is 2. The van der Waals surface area contributed by atoms with Crippen LogP contribution in [0.25, 0.3) is 10.8 Å². The van der Waals surface area contributed by atoms with Gasteiger partial charge in [-0.25, -0.2) is 15.0 Å². The van der Waals surface area contributed by atoms with Crippen molar-refractivity contribution in [2.45, 2.75) is 0 Å². The van der Waals surface area contributed by atoms with E-state index in [1.54, 1.807) is 18.6 Å². The summed E-state index contributed by atoms with van der Waals surface area (Å²) in [4.78, 5) is 12.3. The second-order valence-corrected chi connectivity index (χ2v) is 6.42. The Labute approximate surface area is 154 Å². The van der Waals surface area contributed by atoms with Gasteiger partial charge in [-0.05, 0) is 41.3 Å². The summed E-state index contributed by atoms with van der Waals surface area (Å²) >= 11 is 5.71. The molecule has 0 saturated carbocycles. The average molecular weight is 368 g/mol. The maximum Gasteiger partial charge on any atom is 0.222 e. The monoisotopic (exact) mass is 367 g/mol. The zero-order valence-corrected chi connectivity index (χ0v) is 14.4. The zero-order chi connectivity index (χ0) is 18.0. The Balaban J connectivity index is 1.55. The standard InChI is InChI=1S/C18H14ClN5O2/c19-17-22-6-13(7-23-17)24-16-15-2-1-14(5-12(15)3-4-21-16)26-11-18(8-20)9-25-10-18/h1-7H,9-11H2,(H,21,24). The first-order chi connectivity index (χ1) is 12.7. The molecule has 3 aromatic rings. The average Bonchev–Trinajstić information content (AvgIpc) is 2.63. The van der Waals surface area contributed by atoms with Gasteiger partial charge in [0.15, 0.2) is 0 Å². The molecule has 0 bridgehead atoms. The van der Waals surface area contributed by atoms with Gasteiger partial charge in [-0.3, -0.25) is 0 Å². The molecule has 4 rings (SSSR count). The fourth-order valence-corrected chi connectivity index (χ4v) is 2.71. The Kier molecular flexibility index (Phi) is 4.29. The van der Waals surface area contributed by atoms with Crippen molar-refractivity contribution in [3.63, 3.8) is 0 Å². The minimum atomic E-state index is -0.533. The maximum atomic E-state index is 9.23. The lowest BCUT2D eigenvalue weighted by Gasteiger charge is -2.34. The molecule has 3 heterocycles. The maximum absolute atomic E-state index is 9.23. The van der Waals surface area contributed by atoms with E-state index in [1.807, 2.05) is 24.3 Å². The first-order valence-electron chi connectivity index (χ1n) is 7.93. The van der Waals surface area contributed by atoms with Gasteiger partial charge in [0.25, 0.3) is 0 Å². The van der Waals surface area contributed by atoms with E-state index in [0.29, 0.717) is 37.1 Å². The number of aromatic nitrogens is 3. The zero-order valence-electron chi connectivity index (χ0n) is 13.6. The second kappa shape index (κ2) is 6.75. The highest BCUT2D eigenvalue weighted by atomic mass is 35.5. The van der Waals surface area contributed by atoms with E-state index in [4.69, 9.17) is 21.1 Å². The van der Waals surface area contributed by atoms with Crippen molar-refractivity contribution < 1.29 is 9.47 Å². The number of nitriles is 1. The van der Waals surface area contributed by atoms with Crippen LogP contribution in [-0.4, -0.2) is 34.8 Å². The summed E-state index contributed by atoms with van der Waals surface area (Å²) in [5.41, 5.74) is 0.157. The quantitative estimate of drug-likeness (QED) is 0.691. The van der Waals surface area contributed by atoms with E-state index in [-0.39, 0.29) is 5.28 Å². The van der Waals surface area contributed by atoms with Gasteiger partial charge in [0.1, 0.15) is 23.6 Å². The predicted molar refractivity (Wildman–Crippen MR) is 96.4 cm³/mol. The number of pyridine rings is 1. The van der Waals surface area contributed by atoms with Crippen LogP contribution in [-0.2, 0) is 4.74 Å². The van der Waals surface area contributed by atoms with Crippen LogP contribution >= 0.6 is 11.6 Å². The van der Waals surface area contributed by atoms with Gasteiger partial charge >= 0.3 is 0 Å². The van der Waals surface area contributed by atoms with E-state index in [2.05, 4.69) is 26.3 Å². The van der Waals surface area contributed by atoms with Crippen molar-refractivity contribution in [1.82, 2.24) is 15.0 Å². The predicted octanol–water partition coefficient (Wildman–Crippen LogP) is 3.34. The summed E-state index contributed by atoms with van der Waals surface area (Å²) < 4.78 is 10.9. The van der Waals surface area contributed by atoms with Crippen molar-refractivity contribution in [3.8, 4) is 11.8 Å². The molecule has 0 aliphatic carbocycles. The second-order valence-electron chi connectivity index (χ2n) is 6.08. The summed E-state index contributed by atoms with van der Waals surface area (Å²) in [7, 11) is 0. The van der Waals surface area contributed by atoms with E-state index in [9.17, 15) is 5.26 Å². The Morgan fingerprint density at radius 3 is 2.73 bits per heavy atom. The highest BCUT2D eigenvalue weighted by molar-refractivity contribution is 6.28. The van der Waals surface area contributed by atoms with Gasteiger partial charge < -0.3 is 14.8 Å². The Bertz CT molecular complexity index is 983. The third-order valence-corrected chi connectivity index (χ3v) is 4.32. The fourth-order valence-electron chi connectivity index (χ4n) is 2.61. The van der Waals surface area contributed by atoms with Gasteiger partial charge in [-0.2, -0.15) is 5.26 Å². The van der Waals surface area contributed by atoms with Crippen molar-refractivity contribution >= 4 is 33.9 Å². The van der Waals surface area contributed by atoms with Crippen molar-refractivity contribution in [2.24, 2.45) is 5.41 Å². The van der Waals surface area contributed by atoms with Gasteiger partial charge in [-0.15, -0.1) is 0 Å². The molecule has 7 nitrogen and oxygen atoms in total. The Morgan fingerprint density at radius 2 is 2.04 bits per heavy atom. The lowest BCUT2D eigenvalue weighted by atomic mass is 9.89. The molecule has 1 aromatic carbocycles. The molecule has 2 aromatic heterocycles. The molecular formula is C18H14ClN5O2. The Morgan fingerprint density at radius 1 is 1.23 bits per heavy atom. The summed E-state index contributed by atoms with van der Waals surface area (Å²) in [5, 5.41) is 14.5. The molecular weight excluding hydrogens is 354 g/mol. The molecule has 1 fully saturated rings. The van der Waals surface area contributed by atoms with Gasteiger partial charge in [0.2, 0.25) is 5.28 Å². The molecule has 0 atom stereocenters. The third-order valence-electron chi connectivity index (χ3n) is 4.13. The van der Waals surface area contributed by atoms with Crippen LogP contribution in [0.15, 0.2) is 42.9 Å². The van der Waals surface area contributed by atoms with Gasteiger partial charge in [0.05, 0.1) is 37.4 Å². The summed E-state index contributed by atoms with van der Waals surface area (Å²) in [5.74, 6) is 1.38. The van der Waals surface area contributed by atoms with E-state index in [0.717, 1.165) is 10.8 Å². The van der Waals surface area contributed by atoms with E-state index >= 15 is 0 Å². The molecule has 1 N–H and O–H groups in total. The summed E-state index contributed by atoms with van der Waals surface area (Å²) in [6.07, 6.45) is 4.90. The molecule has 1 aliphatic heterocycles. The smallest absolute Gasteiger partial charge is 0.222 e. The molecule has 1 aliphatic rings. The SMILES string of the molecule is N#CC1(COc2ccc3c(Nc4cnc(Cl)nc4)nccc3c2)COC1. The Hall–Kier alpha value is -2.95. The minimum Gasteiger partial charge on any atom is -0.492 e. The summed E-state index contributed by atoms with van der Waals surface area (Å²) in [6.45, 7) is 1.14. The van der Waals surface area contributed by atoms with Crippen LogP contribution in [0.1, 0.15) is 0 Å². The van der Waals surface area contributed by atoms with Crippen LogP contribution in [0.5, 0.6) is 5.75 Å². The topological polar surface area (TPSA) is 93.0 Å². The number of nitrogens with one attached hydrogen (secondary N) is 1. The molecule has 0 spiro atoms. The van der Waals surface area contributed by atoms with E-state index in [1.165, 1.54) is 0 Å². The molecule has 0 amide bonds. The number of halogens is 1. The first-order valence-corrected chi connectivity index (χ1v) is 8.30. The molecule has 0 radical (unpaired) electrons. The lowest BCUT2D eigenvalue weighted by Crippen LogP contribution is -2.45. The number of fused-ring (bicyclic) bond motifs is 1. The number of hydrogen-bond acceptors (Lipinski definition) is 7. The number of benzene rings is 1. The van der Waals surface area contributed by atoms with Crippen molar-refractivity contribution in [3.05, 3.63) is 48.1 Å². The largest absolute Gasteiger partial charge is 0.492 e. The third kappa shape index (κ3) is 3.25. The van der Waals surface area contributed by atoms with Crippen LogP contribution in [0, 0.1) is 16.7 Å². The number of anilines is 2. The van der Waals surface area contributed by atoms with Crippen LogP contribution in [0.3, 0.4) is 0 Å². The van der Waals surface area contributed by atoms with Crippen LogP contribution in [0.4, 0.5) is 11.5 Å².